The fourth-order valence-electron chi connectivity index (χ4n) is 2.49. The van der Waals surface area contributed by atoms with E-state index in [1.54, 1.807) is 18.2 Å². The summed E-state index contributed by atoms with van der Waals surface area (Å²) in [4.78, 5) is 13.4. The number of benzene rings is 2. The van der Waals surface area contributed by atoms with Gasteiger partial charge in [0.1, 0.15) is 6.54 Å². The zero-order valence-electron chi connectivity index (χ0n) is 14.7. The molecule has 0 aliphatic heterocycles. The molecular formula is C18H22N2O3S2. The van der Waals surface area contributed by atoms with Crippen LogP contribution in [-0.2, 0) is 14.8 Å². The lowest BCUT2D eigenvalue weighted by Gasteiger charge is -2.23. The molecule has 0 aromatic heterocycles. The number of para-hydroxylation sites is 1. The Morgan fingerprint density at radius 1 is 1.12 bits per heavy atom. The van der Waals surface area contributed by atoms with Gasteiger partial charge in [-0.05, 0) is 49.4 Å². The number of carbonyl (C=O) groups is 1. The van der Waals surface area contributed by atoms with Crippen LogP contribution in [0.3, 0.4) is 0 Å². The molecule has 134 valence electrons. The standard InChI is InChI=1S/C18H22N2O3S2/c1-13-7-5-8-14(2)18(13)19-17(21)12-20(25(4,22)23)15-9-6-10-16(11-15)24-3/h5-11H,12H2,1-4H3,(H,19,21). The Morgan fingerprint density at radius 3 is 2.28 bits per heavy atom. The SMILES string of the molecule is CSc1cccc(N(CC(=O)Nc2c(C)cccc2C)S(C)(=O)=O)c1. The van der Waals surface area contributed by atoms with Crippen molar-refractivity contribution in [2.24, 2.45) is 0 Å². The highest BCUT2D eigenvalue weighted by Crippen LogP contribution is 2.24. The summed E-state index contributed by atoms with van der Waals surface area (Å²) < 4.78 is 25.5. The van der Waals surface area contributed by atoms with Gasteiger partial charge in [-0.15, -0.1) is 11.8 Å². The van der Waals surface area contributed by atoms with Crippen molar-refractivity contribution in [3.8, 4) is 0 Å². The molecule has 5 nitrogen and oxygen atoms in total. The van der Waals surface area contributed by atoms with E-state index in [4.69, 9.17) is 0 Å². The van der Waals surface area contributed by atoms with E-state index in [2.05, 4.69) is 5.32 Å². The van der Waals surface area contributed by atoms with Crippen molar-refractivity contribution in [3.63, 3.8) is 0 Å². The topological polar surface area (TPSA) is 66.5 Å². The first-order chi connectivity index (χ1) is 11.7. The molecule has 0 heterocycles. The summed E-state index contributed by atoms with van der Waals surface area (Å²) in [5.41, 5.74) is 3.07. The predicted molar refractivity (Wildman–Crippen MR) is 105 cm³/mol. The highest BCUT2D eigenvalue weighted by atomic mass is 32.2. The molecule has 25 heavy (non-hydrogen) atoms. The highest BCUT2D eigenvalue weighted by Gasteiger charge is 2.21. The summed E-state index contributed by atoms with van der Waals surface area (Å²) in [6.45, 7) is 3.53. The van der Waals surface area contributed by atoms with Crippen LogP contribution in [0.1, 0.15) is 11.1 Å². The Labute approximate surface area is 153 Å². The molecule has 2 rings (SSSR count). The average molecular weight is 379 g/mol. The Balaban J connectivity index is 2.27. The van der Waals surface area contributed by atoms with E-state index in [1.165, 1.54) is 11.8 Å². The second-order valence-corrected chi connectivity index (χ2v) is 8.57. The predicted octanol–water partition coefficient (Wildman–Crippen LogP) is 3.43. The largest absolute Gasteiger partial charge is 0.324 e. The van der Waals surface area contributed by atoms with Gasteiger partial charge in [-0.1, -0.05) is 24.3 Å². The summed E-state index contributed by atoms with van der Waals surface area (Å²) in [5, 5.41) is 2.83. The second-order valence-electron chi connectivity index (χ2n) is 5.79. The molecule has 0 aliphatic carbocycles. The molecular weight excluding hydrogens is 356 g/mol. The van der Waals surface area contributed by atoms with Gasteiger partial charge >= 0.3 is 0 Å². The van der Waals surface area contributed by atoms with Gasteiger partial charge in [-0.25, -0.2) is 8.42 Å². The van der Waals surface area contributed by atoms with Crippen LogP contribution in [0.5, 0.6) is 0 Å². The Morgan fingerprint density at radius 2 is 1.72 bits per heavy atom. The van der Waals surface area contributed by atoms with Gasteiger partial charge in [0.15, 0.2) is 0 Å². The minimum atomic E-state index is -3.59. The van der Waals surface area contributed by atoms with Crippen LogP contribution >= 0.6 is 11.8 Å². The molecule has 1 N–H and O–H groups in total. The minimum absolute atomic E-state index is 0.273. The molecule has 2 aromatic carbocycles. The minimum Gasteiger partial charge on any atom is -0.324 e. The lowest BCUT2D eigenvalue weighted by molar-refractivity contribution is -0.114. The van der Waals surface area contributed by atoms with Crippen molar-refractivity contribution in [2.75, 3.05) is 28.7 Å². The Bertz CT molecular complexity index is 859. The number of amides is 1. The zero-order valence-corrected chi connectivity index (χ0v) is 16.4. The number of nitrogens with one attached hydrogen (secondary N) is 1. The first-order valence-corrected chi connectivity index (χ1v) is 10.8. The van der Waals surface area contributed by atoms with Crippen molar-refractivity contribution in [1.82, 2.24) is 0 Å². The monoisotopic (exact) mass is 378 g/mol. The first kappa shape index (κ1) is 19.3. The Hall–Kier alpha value is -1.99. The van der Waals surface area contributed by atoms with Crippen LogP contribution in [-0.4, -0.2) is 33.4 Å². The summed E-state index contributed by atoms with van der Waals surface area (Å²) in [7, 11) is -3.59. The number of hydrogen-bond donors (Lipinski definition) is 1. The fraction of sp³-hybridized carbons (Fsp3) is 0.278. The van der Waals surface area contributed by atoms with Gasteiger partial charge in [0, 0.05) is 10.6 Å². The quantitative estimate of drug-likeness (QED) is 0.782. The normalized spacial score (nSPS) is 11.2. The summed E-state index contributed by atoms with van der Waals surface area (Å²) >= 11 is 1.51. The summed E-state index contributed by atoms with van der Waals surface area (Å²) in [6.07, 6.45) is 3.02. The maximum absolute atomic E-state index is 12.5. The third-order valence-corrected chi connectivity index (χ3v) is 5.64. The molecule has 2 aromatic rings. The number of carbonyl (C=O) groups excluding carboxylic acids is 1. The van der Waals surface area contributed by atoms with E-state index in [1.807, 2.05) is 44.4 Å². The van der Waals surface area contributed by atoms with Crippen LogP contribution in [0.15, 0.2) is 47.4 Å². The van der Waals surface area contributed by atoms with Gasteiger partial charge in [-0.3, -0.25) is 9.10 Å². The Kier molecular flexibility index (Phi) is 6.13. The first-order valence-electron chi connectivity index (χ1n) is 7.70. The lowest BCUT2D eigenvalue weighted by Crippen LogP contribution is -2.37. The van der Waals surface area contributed by atoms with Gasteiger partial charge in [0.2, 0.25) is 15.9 Å². The van der Waals surface area contributed by atoms with Crippen molar-refractivity contribution in [1.29, 1.82) is 0 Å². The molecule has 0 atom stereocenters. The molecule has 0 saturated heterocycles. The van der Waals surface area contributed by atoms with Crippen LogP contribution in [0.4, 0.5) is 11.4 Å². The van der Waals surface area contributed by atoms with Crippen LogP contribution in [0.2, 0.25) is 0 Å². The molecule has 0 radical (unpaired) electrons. The van der Waals surface area contributed by atoms with E-state index < -0.39 is 10.0 Å². The van der Waals surface area contributed by atoms with Crippen molar-refractivity contribution >= 4 is 39.1 Å². The van der Waals surface area contributed by atoms with E-state index in [-0.39, 0.29) is 12.5 Å². The van der Waals surface area contributed by atoms with E-state index in [9.17, 15) is 13.2 Å². The van der Waals surface area contributed by atoms with E-state index in [0.29, 0.717) is 5.69 Å². The van der Waals surface area contributed by atoms with Crippen LogP contribution in [0.25, 0.3) is 0 Å². The number of aryl methyl sites for hydroxylation is 2. The van der Waals surface area contributed by atoms with Crippen molar-refractivity contribution in [2.45, 2.75) is 18.7 Å². The number of hydrogen-bond acceptors (Lipinski definition) is 4. The van der Waals surface area contributed by atoms with Gasteiger partial charge in [0.25, 0.3) is 0 Å². The number of anilines is 2. The van der Waals surface area contributed by atoms with Crippen LogP contribution < -0.4 is 9.62 Å². The molecule has 7 heteroatoms. The third-order valence-electron chi connectivity index (χ3n) is 3.77. The molecule has 0 saturated carbocycles. The highest BCUT2D eigenvalue weighted by molar-refractivity contribution is 7.98. The van der Waals surface area contributed by atoms with Gasteiger partial charge in [-0.2, -0.15) is 0 Å². The van der Waals surface area contributed by atoms with Crippen molar-refractivity contribution < 1.29 is 13.2 Å². The van der Waals surface area contributed by atoms with Gasteiger partial charge in [0.05, 0.1) is 11.9 Å². The van der Waals surface area contributed by atoms with Crippen molar-refractivity contribution in [3.05, 3.63) is 53.6 Å². The number of sulfonamides is 1. The number of rotatable bonds is 6. The zero-order chi connectivity index (χ0) is 18.6. The van der Waals surface area contributed by atoms with E-state index in [0.717, 1.165) is 32.3 Å². The number of nitrogens with zero attached hydrogens (tertiary/aromatic N) is 1. The summed E-state index contributed by atoms with van der Waals surface area (Å²) in [5.74, 6) is -0.377. The lowest BCUT2D eigenvalue weighted by atomic mass is 10.1. The smallest absolute Gasteiger partial charge is 0.245 e. The van der Waals surface area contributed by atoms with E-state index >= 15 is 0 Å². The maximum atomic E-state index is 12.5. The molecule has 0 bridgehead atoms. The summed E-state index contributed by atoms with van der Waals surface area (Å²) in [6, 6.07) is 12.8. The fourth-order valence-corrected chi connectivity index (χ4v) is 3.79. The van der Waals surface area contributed by atoms with Crippen LogP contribution in [0, 0.1) is 13.8 Å². The van der Waals surface area contributed by atoms with Gasteiger partial charge < -0.3 is 5.32 Å². The average Bonchev–Trinajstić information content (AvgIpc) is 2.55. The molecule has 0 aliphatic rings. The maximum Gasteiger partial charge on any atom is 0.245 e. The number of thioether (sulfide) groups is 1. The molecule has 0 unspecified atom stereocenters. The molecule has 0 fully saturated rings. The third kappa shape index (κ3) is 4.99. The molecule has 0 spiro atoms. The molecule has 1 amide bonds. The second kappa shape index (κ2) is 7.93.